The third-order valence-corrected chi connectivity index (χ3v) is 9.71. The average molecular weight is 473 g/mol. The number of carbonyl (C=O) groups excluding carboxylic acids is 1. The summed E-state index contributed by atoms with van der Waals surface area (Å²) in [6.45, 7) is 2.30. The maximum absolute atomic E-state index is 13.3. The summed E-state index contributed by atoms with van der Waals surface area (Å²) in [4.78, 5) is 15.0. The minimum atomic E-state index is -3.65. The van der Waals surface area contributed by atoms with Crippen LogP contribution in [0.2, 0.25) is 0 Å². The number of hydrogen-bond donors (Lipinski definition) is 0. The molecular weight excluding hydrogens is 444 g/mol. The van der Waals surface area contributed by atoms with Crippen molar-refractivity contribution in [3.05, 3.63) is 29.8 Å². The van der Waals surface area contributed by atoms with Gasteiger partial charge in [0.1, 0.15) is 0 Å². The molecule has 2 atom stereocenters. The Morgan fingerprint density at radius 2 is 1.81 bits per heavy atom. The molecule has 0 spiro atoms. The van der Waals surface area contributed by atoms with Crippen LogP contribution in [0.15, 0.2) is 29.2 Å². The van der Waals surface area contributed by atoms with Crippen LogP contribution in [0, 0.1) is 0 Å². The van der Waals surface area contributed by atoms with E-state index < -0.39 is 25.9 Å². The van der Waals surface area contributed by atoms with Crippen molar-refractivity contribution >= 4 is 25.8 Å². The SMILES string of the molecule is O=C(c1ccc(S(=O)(=O)N2CCOCC2)cc1)N(C[C@H]1CCCO1)[C@@H]1CCS(=O)(=O)C1. The third-order valence-electron chi connectivity index (χ3n) is 6.04. The minimum absolute atomic E-state index is 0.0467. The second-order valence-corrected chi connectivity index (χ2v) is 12.4. The average Bonchev–Trinajstić information content (AvgIpc) is 3.41. The van der Waals surface area contributed by atoms with E-state index in [4.69, 9.17) is 9.47 Å². The zero-order chi connectivity index (χ0) is 22.1. The zero-order valence-electron chi connectivity index (χ0n) is 17.3. The molecule has 3 aliphatic heterocycles. The Labute approximate surface area is 183 Å². The third kappa shape index (κ3) is 5.11. The highest BCUT2D eigenvalue weighted by Crippen LogP contribution is 2.24. The number of sulfonamides is 1. The van der Waals surface area contributed by atoms with Crippen molar-refractivity contribution < 1.29 is 31.1 Å². The van der Waals surface area contributed by atoms with Gasteiger partial charge in [-0.2, -0.15) is 4.31 Å². The van der Waals surface area contributed by atoms with Crippen LogP contribution in [0.3, 0.4) is 0 Å². The van der Waals surface area contributed by atoms with E-state index in [0.29, 0.717) is 51.4 Å². The first-order valence-electron chi connectivity index (χ1n) is 10.6. The van der Waals surface area contributed by atoms with Gasteiger partial charge in [0.25, 0.3) is 5.91 Å². The molecule has 1 amide bonds. The number of benzene rings is 1. The van der Waals surface area contributed by atoms with Gasteiger partial charge in [-0.3, -0.25) is 4.79 Å². The fourth-order valence-electron chi connectivity index (χ4n) is 4.30. The molecule has 0 aliphatic carbocycles. The number of carbonyl (C=O) groups is 1. The van der Waals surface area contributed by atoms with E-state index in [2.05, 4.69) is 0 Å². The standard InChI is InChI=1S/C20H28N2O7S2/c23-20(22(14-18-2-1-10-29-18)17-7-13-30(24,25)15-17)16-3-5-19(6-4-16)31(26,27)21-8-11-28-12-9-21/h3-6,17-18H,1-2,7-15H2/t17-,18-/m1/s1. The van der Waals surface area contributed by atoms with Crippen molar-refractivity contribution in [2.45, 2.75) is 36.3 Å². The fraction of sp³-hybridized carbons (Fsp3) is 0.650. The van der Waals surface area contributed by atoms with E-state index in [1.165, 1.54) is 28.6 Å². The molecule has 0 N–H and O–H groups in total. The van der Waals surface area contributed by atoms with Crippen molar-refractivity contribution in [2.75, 3.05) is 51.0 Å². The summed E-state index contributed by atoms with van der Waals surface area (Å²) in [7, 11) is -6.80. The second-order valence-electron chi connectivity index (χ2n) is 8.19. The normalized spacial score (nSPS) is 26.7. The molecule has 3 aliphatic rings. The Morgan fingerprint density at radius 1 is 1.10 bits per heavy atom. The van der Waals surface area contributed by atoms with Crippen molar-refractivity contribution in [1.29, 1.82) is 0 Å². The number of ether oxygens (including phenoxy) is 2. The van der Waals surface area contributed by atoms with Crippen LogP contribution >= 0.6 is 0 Å². The first kappa shape index (κ1) is 22.7. The molecule has 11 heteroatoms. The highest BCUT2D eigenvalue weighted by atomic mass is 32.2. The van der Waals surface area contributed by atoms with E-state index in [9.17, 15) is 21.6 Å². The number of rotatable bonds is 6. The molecule has 1 aromatic rings. The maximum atomic E-state index is 13.3. The van der Waals surface area contributed by atoms with E-state index in [1.54, 1.807) is 4.90 Å². The van der Waals surface area contributed by atoms with Crippen molar-refractivity contribution in [3.8, 4) is 0 Å². The van der Waals surface area contributed by atoms with E-state index in [0.717, 1.165) is 12.8 Å². The highest BCUT2D eigenvalue weighted by Gasteiger charge is 2.37. The van der Waals surface area contributed by atoms with Crippen LogP contribution in [0.4, 0.5) is 0 Å². The Balaban J connectivity index is 1.53. The lowest BCUT2D eigenvalue weighted by atomic mass is 10.1. The molecule has 3 heterocycles. The number of sulfone groups is 1. The first-order chi connectivity index (χ1) is 14.8. The van der Waals surface area contributed by atoms with Crippen molar-refractivity contribution in [1.82, 2.24) is 9.21 Å². The summed E-state index contributed by atoms with van der Waals surface area (Å²) < 4.78 is 61.9. The molecule has 0 bridgehead atoms. The summed E-state index contributed by atoms with van der Waals surface area (Å²) in [6.07, 6.45) is 2.06. The lowest BCUT2D eigenvalue weighted by Gasteiger charge is -2.30. The molecule has 31 heavy (non-hydrogen) atoms. The number of amides is 1. The van der Waals surface area contributed by atoms with Gasteiger partial charge in [-0.1, -0.05) is 0 Å². The summed E-state index contributed by atoms with van der Waals surface area (Å²) in [5.74, 6) is -0.272. The number of hydrogen-bond acceptors (Lipinski definition) is 7. The van der Waals surface area contributed by atoms with Crippen LogP contribution in [-0.4, -0.2) is 95.1 Å². The van der Waals surface area contributed by atoms with Crippen LogP contribution < -0.4 is 0 Å². The van der Waals surface area contributed by atoms with Crippen LogP contribution in [0.5, 0.6) is 0 Å². The summed E-state index contributed by atoms with van der Waals surface area (Å²) in [5.41, 5.74) is 0.336. The van der Waals surface area contributed by atoms with Gasteiger partial charge in [-0.15, -0.1) is 0 Å². The van der Waals surface area contributed by atoms with Gasteiger partial charge < -0.3 is 14.4 Å². The van der Waals surface area contributed by atoms with Gasteiger partial charge in [0.2, 0.25) is 10.0 Å². The van der Waals surface area contributed by atoms with E-state index in [1.807, 2.05) is 0 Å². The van der Waals surface area contributed by atoms with Gasteiger partial charge in [-0.05, 0) is 43.5 Å². The zero-order valence-corrected chi connectivity index (χ0v) is 18.9. The summed E-state index contributed by atoms with van der Waals surface area (Å²) in [5, 5.41) is 0. The fourth-order valence-corrected chi connectivity index (χ4v) is 7.44. The predicted octanol–water partition coefficient (Wildman–Crippen LogP) is 0.516. The molecule has 172 valence electrons. The monoisotopic (exact) mass is 472 g/mol. The van der Waals surface area contributed by atoms with Gasteiger partial charge in [0, 0.05) is 37.8 Å². The summed E-state index contributed by atoms with van der Waals surface area (Å²) in [6, 6.07) is 5.49. The van der Waals surface area contributed by atoms with Gasteiger partial charge in [0.15, 0.2) is 9.84 Å². The Morgan fingerprint density at radius 3 is 2.39 bits per heavy atom. The van der Waals surface area contributed by atoms with Crippen molar-refractivity contribution in [2.24, 2.45) is 0 Å². The smallest absolute Gasteiger partial charge is 0.254 e. The second kappa shape index (κ2) is 9.14. The largest absolute Gasteiger partial charge is 0.379 e. The topological polar surface area (TPSA) is 110 Å². The molecule has 0 saturated carbocycles. The Hall–Kier alpha value is -1.53. The lowest BCUT2D eigenvalue weighted by Crippen LogP contribution is -2.45. The quantitative estimate of drug-likeness (QED) is 0.593. The Kier molecular flexibility index (Phi) is 6.68. The van der Waals surface area contributed by atoms with E-state index in [-0.39, 0.29) is 28.4 Å². The van der Waals surface area contributed by atoms with Gasteiger partial charge in [-0.25, -0.2) is 16.8 Å². The van der Waals surface area contributed by atoms with Crippen LogP contribution in [0.25, 0.3) is 0 Å². The van der Waals surface area contributed by atoms with E-state index >= 15 is 0 Å². The predicted molar refractivity (Wildman–Crippen MR) is 113 cm³/mol. The highest BCUT2D eigenvalue weighted by molar-refractivity contribution is 7.91. The molecule has 0 aromatic heterocycles. The first-order valence-corrected chi connectivity index (χ1v) is 13.8. The minimum Gasteiger partial charge on any atom is -0.379 e. The Bertz CT molecular complexity index is 996. The van der Waals surface area contributed by atoms with Crippen LogP contribution in [-0.2, 0) is 29.3 Å². The van der Waals surface area contributed by atoms with Crippen LogP contribution in [0.1, 0.15) is 29.6 Å². The molecule has 4 rings (SSSR count). The molecule has 0 radical (unpaired) electrons. The summed E-state index contributed by atoms with van der Waals surface area (Å²) >= 11 is 0. The van der Waals surface area contributed by atoms with Gasteiger partial charge in [0.05, 0.1) is 35.7 Å². The molecule has 3 saturated heterocycles. The molecular formula is C20H28N2O7S2. The molecule has 9 nitrogen and oxygen atoms in total. The molecule has 0 unspecified atom stereocenters. The number of nitrogens with zero attached hydrogens (tertiary/aromatic N) is 2. The maximum Gasteiger partial charge on any atom is 0.254 e. The molecule has 1 aromatic carbocycles. The number of morpholine rings is 1. The van der Waals surface area contributed by atoms with Gasteiger partial charge >= 0.3 is 0 Å². The van der Waals surface area contributed by atoms with Crippen molar-refractivity contribution in [3.63, 3.8) is 0 Å². The molecule has 3 fully saturated rings. The lowest BCUT2D eigenvalue weighted by molar-refractivity contribution is 0.0441.